The van der Waals surface area contributed by atoms with E-state index in [1.54, 1.807) is 30.3 Å². The minimum Gasteiger partial charge on any atom is -0.347 e. The van der Waals surface area contributed by atoms with Gasteiger partial charge in [-0.2, -0.15) is 8.42 Å². The van der Waals surface area contributed by atoms with E-state index in [-0.39, 0.29) is 30.2 Å². The number of thiazole rings is 1. The summed E-state index contributed by atoms with van der Waals surface area (Å²) in [4.78, 5) is 29.5. The molecular formula is C23H24N3O5S2. The highest BCUT2D eigenvalue weighted by atomic mass is 32.2. The number of carbonyl (C=O) groups is 2. The number of benzene rings is 2. The Labute approximate surface area is 197 Å². The lowest BCUT2D eigenvalue weighted by atomic mass is 10.0. The number of Topliss-reactive ketones (excluding diaryl/α,β-unsaturated/α-hetero) is 1. The second-order valence-electron chi connectivity index (χ2n) is 7.32. The van der Waals surface area contributed by atoms with Gasteiger partial charge in [0, 0.05) is 23.8 Å². The second-order valence-corrected chi connectivity index (χ2v) is 9.37. The average Bonchev–Trinajstić information content (AvgIpc) is 3.27. The smallest absolute Gasteiger partial charge is 0.347 e. The molecule has 3 rings (SSSR count). The Bertz CT molecular complexity index is 1190. The second kappa shape index (κ2) is 11.2. The summed E-state index contributed by atoms with van der Waals surface area (Å²) in [6.45, 7) is 2.00. The summed E-state index contributed by atoms with van der Waals surface area (Å²) in [5, 5.41) is 5.64. The number of carbonyl (C=O) groups excluding carboxylic acids is 2. The molecule has 33 heavy (non-hydrogen) atoms. The van der Waals surface area contributed by atoms with Crippen LogP contribution in [0.15, 0.2) is 53.9 Å². The number of nitrogens with one attached hydrogen (secondary N) is 2. The summed E-state index contributed by atoms with van der Waals surface area (Å²) >= 11 is 1.44. The first-order valence-electron chi connectivity index (χ1n) is 10.3. The van der Waals surface area contributed by atoms with Crippen LogP contribution >= 0.6 is 11.3 Å². The molecule has 0 saturated heterocycles. The van der Waals surface area contributed by atoms with Gasteiger partial charge in [-0.05, 0) is 36.6 Å². The van der Waals surface area contributed by atoms with Gasteiger partial charge in [-0.1, -0.05) is 43.3 Å². The number of amides is 1. The van der Waals surface area contributed by atoms with E-state index in [0.29, 0.717) is 12.0 Å². The molecule has 0 aliphatic rings. The Morgan fingerprint density at radius 1 is 1.15 bits per heavy atom. The normalized spacial score (nSPS) is 12.2. The number of hydrogen-bond acceptors (Lipinski definition) is 6. The molecule has 0 fully saturated rings. The number of aromatic nitrogens is 1. The van der Waals surface area contributed by atoms with Gasteiger partial charge in [-0.15, -0.1) is 11.3 Å². The number of ketones is 1. The zero-order valence-corrected chi connectivity index (χ0v) is 19.6. The number of rotatable bonds is 11. The van der Waals surface area contributed by atoms with Crippen molar-refractivity contribution in [3.05, 3.63) is 81.8 Å². The van der Waals surface area contributed by atoms with E-state index in [1.165, 1.54) is 23.5 Å². The molecule has 8 nitrogen and oxygen atoms in total. The van der Waals surface area contributed by atoms with Crippen LogP contribution in [0.3, 0.4) is 0 Å². The summed E-state index contributed by atoms with van der Waals surface area (Å²) in [6.07, 6.45) is 1.30. The average molecular weight is 487 g/mol. The third-order valence-electron chi connectivity index (χ3n) is 4.79. The van der Waals surface area contributed by atoms with Crippen molar-refractivity contribution in [3.8, 4) is 0 Å². The van der Waals surface area contributed by atoms with Crippen molar-refractivity contribution in [2.75, 3.05) is 4.72 Å². The minimum absolute atomic E-state index is 0.0527. The van der Waals surface area contributed by atoms with E-state index in [4.69, 9.17) is 4.55 Å². The van der Waals surface area contributed by atoms with Crippen molar-refractivity contribution < 1.29 is 22.6 Å². The van der Waals surface area contributed by atoms with Crippen LogP contribution < -0.4 is 10.0 Å². The van der Waals surface area contributed by atoms with Gasteiger partial charge in [0.1, 0.15) is 5.01 Å². The van der Waals surface area contributed by atoms with Crippen molar-refractivity contribution in [3.63, 3.8) is 0 Å². The molecule has 1 atom stereocenters. The molecule has 3 N–H and O–H groups in total. The quantitative estimate of drug-likeness (QED) is 0.280. The van der Waals surface area contributed by atoms with Gasteiger partial charge >= 0.3 is 10.3 Å². The molecule has 0 spiro atoms. The lowest BCUT2D eigenvalue weighted by Crippen LogP contribution is -2.30. The van der Waals surface area contributed by atoms with Crippen LogP contribution in [0, 0.1) is 6.07 Å². The molecule has 1 radical (unpaired) electrons. The van der Waals surface area contributed by atoms with Gasteiger partial charge in [0.05, 0.1) is 17.4 Å². The number of nitrogens with zero attached hydrogens (tertiary/aromatic N) is 1. The number of aryl methyl sites for hydroxylation is 1. The molecule has 2 aromatic carbocycles. The SMILES string of the molecule is CCc1csc(C(Cc2[c]cc(NS(=O)(=O)O)cc2)NC(=O)CCC(=O)c2ccccc2)n1. The van der Waals surface area contributed by atoms with Crippen LogP contribution in [0.1, 0.15) is 52.4 Å². The van der Waals surface area contributed by atoms with E-state index < -0.39 is 16.3 Å². The summed E-state index contributed by atoms with van der Waals surface area (Å²) < 4.78 is 32.8. The Morgan fingerprint density at radius 2 is 1.91 bits per heavy atom. The molecule has 1 heterocycles. The molecular weight excluding hydrogens is 462 g/mol. The maximum Gasteiger partial charge on any atom is 0.357 e. The fourth-order valence-corrected chi connectivity index (χ4v) is 4.50. The van der Waals surface area contributed by atoms with E-state index in [1.807, 2.05) is 23.1 Å². The molecule has 0 saturated carbocycles. The highest BCUT2D eigenvalue weighted by Crippen LogP contribution is 2.24. The molecule has 0 bridgehead atoms. The first-order valence-corrected chi connectivity index (χ1v) is 12.6. The largest absolute Gasteiger partial charge is 0.357 e. The van der Waals surface area contributed by atoms with Crippen LogP contribution in [-0.4, -0.2) is 29.6 Å². The Morgan fingerprint density at radius 3 is 2.52 bits per heavy atom. The van der Waals surface area contributed by atoms with Crippen LogP contribution in [0.2, 0.25) is 0 Å². The van der Waals surface area contributed by atoms with Crippen LogP contribution in [-0.2, 0) is 27.9 Å². The third-order valence-corrected chi connectivity index (χ3v) is 6.29. The Kier molecular flexibility index (Phi) is 8.32. The van der Waals surface area contributed by atoms with E-state index in [2.05, 4.69) is 16.4 Å². The zero-order valence-electron chi connectivity index (χ0n) is 17.9. The predicted molar refractivity (Wildman–Crippen MR) is 127 cm³/mol. The highest BCUT2D eigenvalue weighted by molar-refractivity contribution is 7.87. The van der Waals surface area contributed by atoms with E-state index in [9.17, 15) is 18.0 Å². The molecule has 3 aromatic rings. The maximum atomic E-state index is 12.6. The molecule has 1 amide bonds. The molecule has 1 unspecified atom stereocenters. The summed E-state index contributed by atoms with van der Waals surface area (Å²) in [5.41, 5.74) is 2.38. The Hall–Kier alpha value is -3.08. The van der Waals surface area contributed by atoms with Gasteiger partial charge < -0.3 is 5.32 Å². The fourth-order valence-electron chi connectivity index (χ4n) is 3.12. The molecule has 173 valence electrons. The van der Waals surface area contributed by atoms with Gasteiger partial charge in [-0.3, -0.25) is 18.9 Å². The van der Waals surface area contributed by atoms with Crippen LogP contribution in [0.25, 0.3) is 0 Å². The number of anilines is 1. The van der Waals surface area contributed by atoms with Crippen molar-refractivity contribution in [1.82, 2.24) is 10.3 Å². The van der Waals surface area contributed by atoms with E-state index in [0.717, 1.165) is 22.7 Å². The Balaban J connectivity index is 1.68. The lowest BCUT2D eigenvalue weighted by molar-refractivity contribution is -0.121. The first kappa shape index (κ1) is 24.6. The maximum absolute atomic E-state index is 12.6. The zero-order chi connectivity index (χ0) is 23.8. The summed E-state index contributed by atoms with van der Waals surface area (Å²) in [5.74, 6) is -0.359. The molecule has 0 aliphatic heterocycles. The molecule has 1 aromatic heterocycles. The standard InChI is InChI=1S/C23H24N3O5S2/c1-2-18-15-32-23(24-18)20(14-16-8-10-19(11-9-16)26-33(29,30)31)25-22(28)13-12-21(27)17-6-4-3-5-7-17/h3-8,10-11,15,20,26H,2,12-14H2,1H3,(H,25,28)(H,29,30,31). The van der Waals surface area contributed by atoms with Gasteiger partial charge in [-0.25, -0.2) is 4.98 Å². The van der Waals surface area contributed by atoms with Gasteiger partial charge in [0.25, 0.3) is 0 Å². The molecule has 0 aliphatic carbocycles. The van der Waals surface area contributed by atoms with Crippen LogP contribution in [0.5, 0.6) is 0 Å². The summed E-state index contributed by atoms with van der Waals surface area (Å²) in [6, 6.07) is 15.9. The predicted octanol–water partition coefficient (Wildman–Crippen LogP) is 3.78. The van der Waals surface area contributed by atoms with E-state index >= 15 is 0 Å². The van der Waals surface area contributed by atoms with Gasteiger partial charge in [0.15, 0.2) is 5.78 Å². The minimum atomic E-state index is -4.37. The van der Waals surface area contributed by atoms with Crippen molar-refractivity contribution in [2.45, 2.75) is 38.6 Å². The monoisotopic (exact) mass is 486 g/mol. The van der Waals surface area contributed by atoms with Crippen molar-refractivity contribution in [2.24, 2.45) is 0 Å². The molecule has 10 heteroatoms. The number of hydrogen-bond donors (Lipinski definition) is 3. The van der Waals surface area contributed by atoms with Crippen molar-refractivity contribution in [1.29, 1.82) is 0 Å². The fraction of sp³-hybridized carbons (Fsp3) is 0.261. The lowest BCUT2D eigenvalue weighted by Gasteiger charge is -2.17. The van der Waals surface area contributed by atoms with Gasteiger partial charge in [0.2, 0.25) is 5.91 Å². The first-order chi connectivity index (χ1) is 15.7. The van der Waals surface area contributed by atoms with Crippen LogP contribution in [0.4, 0.5) is 5.69 Å². The highest BCUT2D eigenvalue weighted by Gasteiger charge is 2.20. The van der Waals surface area contributed by atoms with Crippen molar-refractivity contribution >= 4 is 39.0 Å². The topological polar surface area (TPSA) is 125 Å². The third kappa shape index (κ3) is 7.77. The summed E-state index contributed by atoms with van der Waals surface area (Å²) in [7, 11) is -4.37.